The molecular weight excluding hydrogens is 642 g/mol. The first-order valence-electron chi connectivity index (χ1n) is 11.9. The molecule has 3 aliphatic heterocycles. The van der Waals surface area contributed by atoms with Gasteiger partial charge in [0.25, 0.3) is 0 Å². The molecule has 3 saturated carbocycles. The second kappa shape index (κ2) is 8.18. The standard InChI is InChI=1S/C22H30I2N2O6/c1-2-3-10-4-5-11(8-10)6-7-30-19(27)14-12-9-13-15(14)20(28)31-16(13)17(12)32-21(29)18(23)22-24(25-22)26-22/h10-18,25-26H,2-9H2,1H3. The van der Waals surface area contributed by atoms with E-state index in [0.29, 0.717) is 18.9 Å². The van der Waals surface area contributed by atoms with Crippen LogP contribution in [-0.4, -0.2) is 44.3 Å². The first kappa shape index (κ1) is 22.3. The Hall–Kier alpha value is -0.210. The molecule has 6 rings (SSSR count). The Morgan fingerprint density at radius 3 is 2.62 bits per heavy atom. The maximum atomic E-state index is 13.1. The number of ether oxygens (including phenoxy) is 3. The van der Waals surface area contributed by atoms with E-state index >= 15 is 0 Å². The summed E-state index contributed by atoms with van der Waals surface area (Å²) in [6.07, 6.45) is 6.91. The molecule has 0 amide bonds. The van der Waals surface area contributed by atoms with Crippen LogP contribution in [0.3, 0.4) is 0 Å². The fourth-order valence-electron chi connectivity index (χ4n) is 6.79. The van der Waals surface area contributed by atoms with Gasteiger partial charge in [0, 0.05) is 0 Å². The molecule has 3 saturated heterocycles. The molecule has 10 heteroatoms. The van der Waals surface area contributed by atoms with Gasteiger partial charge in [-0.25, -0.2) is 0 Å². The van der Waals surface area contributed by atoms with Crippen LogP contribution >= 0.6 is 43.0 Å². The van der Waals surface area contributed by atoms with Gasteiger partial charge in [-0.3, -0.25) is 0 Å². The summed E-state index contributed by atoms with van der Waals surface area (Å²) in [6, 6.07) is 0. The molecule has 9 atom stereocenters. The van der Waals surface area contributed by atoms with Gasteiger partial charge in [-0.1, -0.05) is 32.6 Å². The number of halogens is 2. The van der Waals surface area contributed by atoms with Gasteiger partial charge in [-0.05, 0) is 12.3 Å². The smallest absolute Gasteiger partial charge is 0.0475 e. The second-order valence-electron chi connectivity index (χ2n) is 10.3. The zero-order valence-electron chi connectivity index (χ0n) is 18.1. The molecule has 0 aromatic rings. The molecule has 0 aromatic heterocycles. The van der Waals surface area contributed by atoms with Crippen molar-refractivity contribution in [2.45, 2.75) is 71.7 Å². The summed E-state index contributed by atoms with van der Waals surface area (Å²) in [6.45, 7) is 2.64. The third-order valence-corrected chi connectivity index (χ3v) is 15.6. The minimum atomic E-state index is -1.25. The van der Waals surface area contributed by atoms with Crippen LogP contribution in [0.15, 0.2) is 0 Å². The van der Waals surface area contributed by atoms with E-state index in [0.717, 1.165) is 12.3 Å². The van der Waals surface area contributed by atoms with Crippen LogP contribution < -0.4 is 7.06 Å². The van der Waals surface area contributed by atoms with Crippen molar-refractivity contribution in [3.8, 4) is 0 Å². The maximum Gasteiger partial charge on any atom is -0.0475 e. The van der Waals surface area contributed by atoms with Crippen LogP contribution in [0.4, 0.5) is 0 Å². The number of hydrogen-bond acceptors (Lipinski definition) is 8. The molecule has 178 valence electrons. The van der Waals surface area contributed by atoms with Gasteiger partial charge in [-0.15, -0.1) is 0 Å². The van der Waals surface area contributed by atoms with E-state index in [1.807, 2.05) is 0 Å². The number of carbonyl (C=O) groups excluding carboxylic acids is 3. The molecule has 0 radical (unpaired) electrons. The summed E-state index contributed by atoms with van der Waals surface area (Å²) < 4.78 is 23.4. The quantitative estimate of drug-likeness (QED) is 0.0730. The predicted molar refractivity (Wildman–Crippen MR) is 130 cm³/mol. The Balaban J connectivity index is 1.06. The number of nitrogens with one attached hydrogen (secondary N) is 2. The van der Waals surface area contributed by atoms with E-state index in [9.17, 15) is 14.4 Å². The van der Waals surface area contributed by atoms with Gasteiger partial charge in [0.05, 0.1) is 0 Å². The van der Waals surface area contributed by atoms with E-state index in [-0.39, 0.29) is 37.3 Å². The number of carbonyl (C=O) groups is 3. The molecule has 2 N–H and O–H groups in total. The van der Waals surface area contributed by atoms with Gasteiger partial charge < -0.3 is 0 Å². The zero-order valence-corrected chi connectivity index (χ0v) is 22.4. The maximum absolute atomic E-state index is 13.1. The van der Waals surface area contributed by atoms with E-state index in [1.165, 1.54) is 32.1 Å². The summed E-state index contributed by atoms with van der Waals surface area (Å²) in [7, 11) is 0. The summed E-state index contributed by atoms with van der Waals surface area (Å²) in [5, 5.41) is 0. The Labute approximate surface area is 209 Å². The number of rotatable bonds is 9. The molecule has 8 nitrogen and oxygen atoms in total. The average Bonchev–Trinajstić information content (AvgIpc) is 3.36. The molecule has 6 aliphatic rings. The zero-order chi connectivity index (χ0) is 22.2. The van der Waals surface area contributed by atoms with E-state index in [1.54, 1.807) is 0 Å². The first-order chi connectivity index (χ1) is 15.4. The van der Waals surface area contributed by atoms with Crippen molar-refractivity contribution < 1.29 is 28.6 Å². The fraction of sp³-hybridized carbons (Fsp3) is 0.864. The van der Waals surface area contributed by atoms with Gasteiger partial charge in [0.2, 0.25) is 0 Å². The van der Waals surface area contributed by atoms with Crippen molar-refractivity contribution >= 4 is 60.9 Å². The van der Waals surface area contributed by atoms with E-state index < -0.39 is 44.4 Å². The molecule has 3 heterocycles. The predicted octanol–water partition coefficient (Wildman–Crippen LogP) is 2.86. The normalized spacial score (nSPS) is 43.6. The summed E-state index contributed by atoms with van der Waals surface area (Å²) in [4.78, 5) is 38.4. The van der Waals surface area contributed by atoms with Gasteiger partial charge in [0.1, 0.15) is 0 Å². The summed E-state index contributed by atoms with van der Waals surface area (Å²) in [5.74, 6) is -0.677. The Morgan fingerprint density at radius 1 is 1.22 bits per heavy atom. The Morgan fingerprint density at radius 2 is 1.94 bits per heavy atom. The minimum absolute atomic E-state index is 0.0419. The minimum Gasteiger partial charge on any atom is -0.0475 e. The van der Waals surface area contributed by atoms with Crippen molar-refractivity contribution in [3.63, 3.8) is 0 Å². The Kier molecular flexibility index (Phi) is 5.69. The first-order valence-corrected chi connectivity index (χ1v) is 16.4. The molecule has 2 bridgehead atoms. The molecule has 0 spiro atoms. The molecule has 32 heavy (non-hydrogen) atoms. The molecule has 6 fully saturated rings. The van der Waals surface area contributed by atoms with Crippen LogP contribution in [0.25, 0.3) is 0 Å². The number of hydrogen-bond donors (Lipinski definition) is 2. The van der Waals surface area contributed by atoms with Crippen molar-refractivity contribution in [1.82, 2.24) is 7.06 Å². The number of fused-ring (bicyclic) bond motifs is 2. The molecule has 0 aromatic carbocycles. The van der Waals surface area contributed by atoms with Gasteiger partial charge >= 0.3 is 165 Å². The second-order valence-corrected chi connectivity index (χ2v) is 15.9. The Bertz CT molecular complexity index is 835. The van der Waals surface area contributed by atoms with Gasteiger partial charge in [-0.2, -0.15) is 0 Å². The monoisotopic (exact) mass is 672 g/mol. The third kappa shape index (κ3) is 3.52. The van der Waals surface area contributed by atoms with Crippen LogP contribution in [0.2, 0.25) is 0 Å². The molecular formula is C22H30I2N2O6. The van der Waals surface area contributed by atoms with Crippen LogP contribution in [0.5, 0.6) is 0 Å². The average molecular weight is 672 g/mol. The van der Waals surface area contributed by atoms with E-state index in [4.69, 9.17) is 14.2 Å². The summed E-state index contributed by atoms with van der Waals surface area (Å²) >= 11 is 0.880. The molecule has 3 aliphatic carbocycles. The van der Waals surface area contributed by atoms with E-state index in [2.05, 4.69) is 36.6 Å². The van der Waals surface area contributed by atoms with Crippen LogP contribution in [0, 0.1) is 35.5 Å². The fourth-order valence-corrected chi connectivity index (χ4v) is 14.2. The number of alkyl halides is 2. The van der Waals surface area contributed by atoms with Gasteiger partial charge in [0.15, 0.2) is 0 Å². The topological polar surface area (TPSA) is 123 Å². The van der Waals surface area contributed by atoms with Crippen LogP contribution in [-0.2, 0) is 28.6 Å². The summed E-state index contributed by atoms with van der Waals surface area (Å²) in [5.41, 5.74) is 0. The van der Waals surface area contributed by atoms with Crippen molar-refractivity contribution in [2.24, 2.45) is 35.5 Å². The largest absolute Gasteiger partial charge is 0.0475 e. The third-order valence-electron chi connectivity index (χ3n) is 8.43. The van der Waals surface area contributed by atoms with Crippen molar-refractivity contribution in [1.29, 1.82) is 0 Å². The van der Waals surface area contributed by atoms with Crippen LogP contribution in [0.1, 0.15) is 51.9 Å². The van der Waals surface area contributed by atoms with Crippen molar-refractivity contribution in [3.05, 3.63) is 0 Å². The molecule has 9 unspecified atom stereocenters. The SMILES string of the molecule is CCCC1CCC(CCOC(=O)C2C3CC4C(OC(=O)C42)C3OC(=O)C(I)C23NI2N3)C1. The van der Waals surface area contributed by atoms with Crippen molar-refractivity contribution in [2.75, 3.05) is 6.61 Å². The number of esters is 3.